The topological polar surface area (TPSA) is 15.3 Å². The summed E-state index contributed by atoms with van der Waals surface area (Å²) >= 11 is 0. The molecule has 100 valence electrons. The molecule has 0 aromatic rings. The lowest BCUT2D eigenvalue weighted by molar-refractivity contribution is 0.0580. The zero-order valence-corrected chi connectivity index (χ0v) is 11.9. The predicted octanol–water partition coefficient (Wildman–Crippen LogP) is 2.74. The monoisotopic (exact) mass is 238 g/mol. The van der Waals surface area contributed by atoms with Crippen molar-refractivity contribution < 1.29 is 0 Å². The van der Waals surface area contributed by atoms with Crippen LogP contribution in [0.25, 0.3) is 0 Å². The summed E-state index contributed by atoms with van der Waals surface area (Å²) in [5.74, 6) is 2.71. The average molecular weight is 238 g/mol. The molecule has 0 aromatic carbocycles. The molecule has 0 spiro atoms. The van der Waals surface area contributed by atoms with Gasteiger partial charge in [-0.3, -0.25) is 0 Å². The third-order valence-electron chi connectivity index (χ3n) is 4.67. The first-order valence-electron chi connectivity index (χ1n) is 7.57. The average Bonchev–Trinajstić information content (AvgIpc) is 2.16. The van der Waals surface area contributed by atoms with Gasteiger partial charge in [-0.2, -0.15) is 0 Å². The molecule has 2 heteroatoms. The molecule has 0 amide bonds. The minimum absolute atomic E-state index is 0.779. The summed E-state index contributed by atoms with van der Waals surface area (Å²) in [6, 6.07) is 0.871. The molecule has 2 aliphatic rings. The maximum atomic E-state index is 3.63. The molecule has 0 radical (unpaired) electrons. The Kier molecular flexibility index (Phi) is 4.87. The van der Waals surface area contributed by atoms with E-state index in [4.69, 9.17) is 0 Å². The fourth-order valence-corrected chi connectivity index (χ4v) is 3.15. The second-order valence-electron chi connectivity index (χ2n) is 6.69. The minimum Gasteiger partial charge on any atom is -0.316 e. The van der Waals surface area contributed by atoms with Crippen molar-refractivity contribution in [2.75, 3.05) is 26.7 Å². The van der Waals surface area contributed by atoms with Crippen LogP contribution in [0.4, 0.5) is 0 Å². The fourth-order valence-electron chi connectivity index (χ4n) is 3.15. The van der Waals surface area contributed by atoms with Crippen LogP contribution in [-0.2, 0) is 0 Å². The number of hydrogen-bond donors (Lipinski definition) is 1. The van der Waals surface area contributed by atoms with Gasteiger partial charge in [-0.25, -0.2) is 0 Å². The summed E-state index contributed by atoms with van der Waals surface area (Å²) in [7, 11) is 2.34. The van der Waals surface area contributed by atoms with Gasteiger partial charge in [-0.15, -0.1) is 0 Å². The zero-order chi connectivity index (χ0) is 12.3. The van der Waals surface area contributed by atoms with Gasteiger partial charge in [0.15, 0.2) is 0 Å². The highest BCUT2D eigenvalue weighted by molar-refractivity contribution is 4.90. The molecule has 2 nitrogen and oxygen atoms in total. The van der Waals surface area contributed by atoms with Crippen molar-refractivity contribution in [2.45, 2.75) is 52.0 Å². The molecule has 0 bridgehead atoms. The van der Waals surface area contributed by atoms with Gasteiger partial charge in [0, 0.05) is 12.6 Å². The number of nitrogens with one attached hydrogen (secondary N) is 1. The van der Waals surface area contributed by atoms with Crippen LogP contribution in [-0.4, -0.2) is 37.6 Å². The lowest BCUT2D eigenvalue weighted by Gasteiger charge is -2.45. The molecule has 2 saturated carbocycles. The Labute approximate surface area is 107 Å². The Morgan fingerprint density at radius 2 is 1.94 bits per heavy atom. The zero-order valence-electron chi connectivity index (χ0n) is 11.9. The summed E-state index contributed by atoms with van der Waals surface area (Å²) in [6.45, 7) is 8.33. The third-order valence-corrected chi connectivity index (χ3v) is 4.67. The van der Waals surface area contributed by atoms with E-state index >= 15 is 0 Å². The standard InChI is InChI=1S/C15H30N2/c1-12(2)9-16-10-14-7-8-15(14)17(3)11-13-5-4-6-13/h12-16H,4-11H2,1-3H3. The van der Waals surface area contributed by atoms with Crippen LogP contribution in [0.3, 0.4) is 0 Å². The summed E-state index contributed by atoms with van der Waals surface area (Å²) in [5, 5.41) is 3.63. The fraction of sp³-hybridized carbons (Fsp3) is 1.00. The van der Waals surface area contributed by atoms with Gasteiger partial charge in [-0.05, 0) is 63.6 Å². The number of nitrogens with zero attached hydrogens (tertiary/aromatic N) is 1. The van der Waals surface area contributed by atoms with Crippen molar-refractivity contribution in [2.24, 2.45) is 17.8 Å². The van der Waals surface area contributed by atoms with Crippen molar-refractivity contribution >= 4 is 0 Å². The highest BCUT2D eigenvalue weighted by Crippen LogP contribution is 2.34. The van der Waals surface area contributed by atoms with Gasteiger partial charge in [0.25, 0.3) is 0 Å². The van der Waals surface area contributed by atoms with E-state index in [0.29, 0.717) is 0 Å². The van der Waals surface area contributed by atoms with E-state index in [1.807, 2.05) is 0 Å². The molecular formula is C15H30N2. The molecule has 0 heterocycles. The Hall–Kier alpha value is -0.0800. The van der Waals surface area contributed by atoms with Gasteiger partial charge >= 0.3 is 0 Å². The van der Waals surface area contributed by atoms with Crippen molar-refractivity contribution in [3.05, 3.63) is 0 Å². The quantitative estimate of drug-likeness (QED) is 0.733. The number of hydrogen-bond acceptors (Lipinski definition) is 2. The van der Waals surface area contributed by atoms with Crippen LogP contribution in [0.15, 0.2) is 0 Å². The predicted molar refractivity (Wildman–Crippen MR) is 74.2 cm³/mol. The molecule has 0 aromatic heterocycles. The molecule has 2 fully saturated rings. The molecule has 1 N–H and O–H groups in total. The third kappa shape index (κ3) is 3.69. The Morgan fingerprint density at radius 3 is 2.41 bits per heavy atom. The highest BCUT2D eigenvalue weighted by atomic mass is 15.1. The molecule has 0 aliphatic heterocycles. The van der Waals surface area contributed by atoms with Crippen molar-refractivity contribution in [3.8, 4) is 0 Å². The summed E-state index contributed by atoms with van der Waals surface area (Å²) < 4.78 is 0. The van der Waals surface area contributed by atoms with E-state index < -0.39 is 0 Å². The van der Waals surface area contributed by atoms with E-state index in [1.165, 1.54) is 51.7 Å². The van der Waals surface area contributed by atoms with Gasteiger partial charge in [0.05, 0.1) is 0 Å². The smallest absolute Gasteiger partial charge is 0.0133 e. The van der Waals surface area contributed by atoms with E-state index in [9.17, 15) is 0 Å². The second kappa shape index (κ2) is 6.19. The molecule has 2 atom stereocenters. The van der Waals surface area contributed by atoms with Crippen molar-refractivity contribution in [3.63, 3.8) is 0 Å². The van der Waals surface area contributed by atoms with Gasteiger partial charge in [0.1, 0.15) is 0 Å². The summed E-state index contributed by atoms with van der Waals surface area (Å²) in [5.41, 5.74) is 0. The van der Waals surface area contributed by atoms with Gasteiger partial charge < -0.3 is 10.2 Å². The summed E-state index contributed by atoms with van der Waals surface area (Å²) in [6.07, 6.45) is 7.30. The maximum absolute atomic E-state index is 3.63. The first-order chi connectivity index (χ1) is 8.16. The van der Waals surface area contributed by atoms with Gasteiger partial charge in [-0.1, -0.05) is 20.3 Å². The van der Waals surface area contributed by atoms with Crippen LogP contribution in [0, 0.1) is 17.8 Å². The van der Waals surface area contributed by atoms with Gasteiger partial charge in [0.2, 0.25) is 0 Å². The molecular weight excluding hydrogens is 208 g/mol. The van der Waals surface area contributed by atoms with Crippen LogP contribution in [0.5, 0.6) is 0 Å². The molecule has 2 rings (SSSR count). The first-order valence-corrected chi connectivity index (χ1v) is 7.57. The Morgan fingerprint density at radius 1 is 1.18 bits per heavy atom. The van der Waals surface area contributed by atoms with E-state index in [1.54, 1.807) is 0 Å². The maximum Gasteiger partial charge on any atom is 0.0133 e. The first kappa shape index (κ1) is 13.4. The highest BCUT2D eigenvalue weighted by Gasteiger charge is 2.34. The summed E-state index contributed by atoms with van der Waals surface area (Å²) in [4.78, 5) is 2.65. The second-order valence-corrected chi connectivity index (χ2v) is 6.69. The molecule has 2 aliphatic carbocycles. The minimum atomic E-state index is 0.779. The molecule has 0 saturated heterocycles. The SMILES string of the molecule is CC(C)CNCC1CCC1N(C)CC1CCC1. The van der Waals surface area contributed by atoms with Crippen molar-refractivity contribution in [1.29, 1.82) is 0 Å². The Balaban J connectivity index is 1.62. The number of rotatable bonds is 7. The van der Waals surface area contributed by atoms with Crippen LogP contribution >= 0.6 is 0 Å². The largest absolute Gasteiger partial charge is 0.316 e. The van der Waals surface area contributed by atoms with Crippen LogP contribution in [0.1, 0.15) is 46.0 Å². The Bertz CT molecular complexity index is 223. The molecule has 17 heavy (non-hydrogen) atoms. The van der Waals surface area contributed by atoms with Crippen LogP contribution in [0.2, 0.25) is 0 Å². The van der Waals surface area contributed by atoms with Crippen LogP contribution < -0.4 is 5.32 Å². The van der Waals surface area contributed by atoms with Crippen molar-refractivity contribution in [1.82, 2.24) is 10.2 Å². The lowest BCUT2D eigenvalue weighted by atomic mass is 9.77. The van der Waals surface area contributed by atoms with E-state index in [0.717, 1.165) is 23.8 Å². The molecule has 2 unspecified atom stereocenters. The van der Waals surface area contributed by atoms with E-state index in [2.05, 4.69) is 31.1 Å². The van der Waals surface area contributed by atoms with E-state index in [-0.39, 0.29) is 0 Å². The normalized spacial score (nSPS) is 29.5. The lowest BCUT2D eigenvalue weighted by Crippen LogP contribution is -2.50.